The molecule has 1 aliphatic carbocycles. The van der Waals surface area contributed by atoms with E-state index in [1.54, 1.807) is 0 Å². The van der Waals surface area contributed by atoms with Gasteiger partial charge in [0.1, 0.15) is 0 Å². The lowest BCUT2D eigenvalue weighted by atomic mass is 10.1. The SMILES string of the molecule is CCN(CC#N)C1CCCCCC1. The van der Waals surface area contributed by atoms with Crippen molar-refractivity contribution in [3.8, 4) is 6.07 Å². The molecule has 1 saturated carbocycles. The predicted octanol–water partition coefficient (Wildman–Crippen LogP) is 2.55. The molecule has 0 bridgehead atoms. The van der Waals surface area contributed by atoms with Crippen LogP contribution in [0.3, 0.4) is 0 Å². The monoisotopic (exact) mass is 180 g/mol. The van der Waals surface area contributed by atoms with Crippen molar-refractivity contribution in [2.45, 2.75) is 51.5 Å². The standard InChI is InChI=1S/C11H20N2/c1-2-13(10-9-12)11-7-5-3-4-6-8-11/h11H,2-8,10H2,1H3. The summed E-state index contributed by atoms with van der Waals surface area (Å²) in [7, 11) is 0. The fourth-order valence-electron chi connectivity index (χ4n) is 2.21. The molecule has 74 valence electrons. The quantitative estimate of drug-likeness (QED) is 0.493. The van der Waals surface area contributed by atoms with Gasteiger partial charge in [-0.2, -0.15) is 5.26 Å². The van der Waals surface area contributed by atoms with E-state index in [1.807, 2.05) is 0 Å². The second-order valence-electron chi connectivity index (χ2n) is 3.87. The molecule has 13 heavy (non-hydrogen) atoms. The minimum atomic E-state index is 0.612. The summed E-state index contributed by atoms with van der Waals surface area (Å²) in [6, 6.07) is 2.95. The van der Waals surface area contributed by atoms with Crippen molar-refractivity contribution in [1.29, 1.82) is 5.26 Å². The van der Waals surface area contributed by atoms with Gasteiger partial charge < -0.3 is 0 Å². The van der Waals surface area contributed by atoms with Crippen LogP contribution in [0.15, 0.2) is 0 Å². The second kappa shape index (κ2) is 5.99. The van der Waals surface area contributed by atoms with Crippen LogP contribution >= 0.6 is 0 Å². The lowest BCUT2D eigenvalue weighted by Crippen LogP contribution is -2.35. The van der Waals surface area contributed by atoms with Crippen LogP contribution in [0.2, 0.25) is 0 Å². The van der Waals surface area contributed by atoms with Crippen LogP contribution < -0.4 is 0 Å². The summed E-state index contributed by atoms with van der Waals surface area (Å²) in [5, 5.41) is 8.68. The molecule has 0 N–H and O–H groups in total. The first-order chi connectivity index (χ1) is 6.38. The molecule has 0 spiro atoms. The van der Waals surface area contributed by atoms with Crippen LogP contribution in [0.25, 0.3) is 0 Å². The molecule has 0 aromatic heterocycles. The van der Waals surface area contributed by atoms with E-state index in [-0.39, 0.29) is 0 Å². The summed E-state index contributed by atoms with van der Waals surface area (Å²) >= 11 is 0. The van der Waals surface area contributed by atoms with Gasteiger partial charge in [0.15, 0.2) is 0 Å². The number of hydrogen-bond acceptors (Lipinski definition) is 2. The Morgan fingerprint density at radius 1 is 1.23 bits per heavy atom. The Balaban J connectivity index is 2.41. The van der Waals surface area contributed by atoms with E-state index in [0.717, 1.165) is 6.54 Å². The minimum absolute atomic E-state index is 0.612. The lowest BCUT2D eigenvalue weighted by Gasteiger charge is -2.27. The van der Waals surface area contributed by atoms with Gasteiger partial charge in [-0.15, -0.1) is 0 Å². The maximum absolute atomic E-state index is 8.68. The van der Waals surface area contributed by atoms with Gasteiger partial charge in [0.05, 0.1) is 12.6 Å². The van der Waals surface area contributed by atoms with Crippen LogP contribution in [0.1, 0.15) is 45.4 Å². The predicted molar refractivity (Wildman–Crippen MR) is 54.4 cm³/mol. The van der Waals surface area contributed by atoms with E-state index in [4.69, 9.17) is 5.26 Å². The van der Waals surface area contributed by atoms with Gasteiger partial charge in [0, 0.05) is 6.04 Å². The Morgan fingerprint density at radius 2 is 1.85 bits per heavy atom. The summed E-state index contributed by atoms with van der Waals surface area (Å²) in [6.45, 7) is 3.79. The highest BCUT2D eigenvalue weighted by Crippen LogP contribution is 2.21. The Hall–Kier alpha value is -0.550. The molecule has 0 saturated heterocycles. The molecule has 1 fully saturated rings. The largest absolute Gasteiger partial charge is 0.288 e. The van der Waals surface area contributed by atoms with Crippen molar-refractivity contribution in [2.75, 3.05) is 13.1 Å². The molecule has 0 aliphatic heterocycles. The van der Waals surface area contributed by atoms with Crippen LogP contribution in [-0.2, 0) is 0 Å². The van der Waals surface area contributed by atoms with Gasteiger partial charge in [-0.3, -0.25) is 4.90 Å². The van der Waals surface area contributed by atoms with Crippen molar-refractivity contribution >= 4 is 0 Å². The van der Waals surface area contributed by atoms with Crippen molar-refractivity contribution in [3.05, 3.63) is 0 Å². The molecule has 0 amide bonds. The molecule has 0 aromatic carbocycles. The molecule has 0 unspecified atom stereocenters. The average molecular weight is 180 g/mol. The highest BCUT2D eigenvalue weighted by atomic mass is 15.1. The smallest absolute Gasteiger partial charge is 0.0868 e. The fourth-order valence-corrected chi connectivity index (χ4v) is 2.21. The molecule has 0 atom stereocenters. The summed E-state index contributed by atoms with van der Waals surface area (Å²) in [6.07, 6.45) is 8.09. The molecular formula is C11H20N2. The third-order valence-corrected chi connectivity index (χ3v) is 3.02. The third kappa shape index (κ3) is 3.36. The third-order valence-electron chi connectivity index (χ3n) is 3.02. The molecule has 0 heterocycles. The van der Waals surface area contributed by atoms with Crippen molar-refractivity contribution in [1.82, 2.24) is 4.90 Å². The maximum atomic E-state index is 8.68. The highest BCUT2D eigenvalue weighted by molar-refractivity contribution is 4.82. The summed E-state index contributed by atoms with van der Waals surface area (Å²) < 4.78 is 0. The van der Waals surface area contributed by atoms with Gasteiger partial charge in [0.25, 0.3) is 0 Å². The first kappa shape index (κ1) is 10.5. The van der Waals surface area contributed by atoms with Gasteiger partial charge in [-0.05, 0) is 19.4 Å². The Bertz CT molecular complexity index is 163. The minimum Gasteiger partial charge on any atom is -0.288 e. The lowest BCUT2D eigenvalue weighted by molar-refractivity contribution is 0.210. The number of hydrogen-bond donors (Lipinski definition) is 0. The van der Waals surface area contributed by atoms with Gasteiger partial charge in [0.2, 0.25) is 0 Å². The Labute approximate surface area is 81.5 Å². The van der Waals surface area contributed by atoms with E-state index >= 15 is 0 Å². The van der Waals surface area contributed by atoms with E-state index in [1.165, 1.54) is 38.5 Å². The van der Waals surface area contributed by atoms with Crippen molar-refractivity contribution < 1.29 is 0 Å². The zero-order valence-electron chi connectivity index (χ0n) is 8.63. The fraction of sp³-hybridized carbons (Fsp3) is 0.909. The number of nitriles is 1. The van der Waals surface area contributed by atoms with Crippen LogP contribution in [0.4, 0.5) is 0 Å². The van der Waals surface area contributed by atoms with Gasteiger partial charge >= 0.3 is 0 Å². The second-order valence-corrected chi connectivity index (χ2v) is 3.87. The van der Waals surface area contributed by atoms with Gasteiger partial charge in [-0.1, -0.05) is 32.6 Å². The molecular weight excluding hydrogens is 160 g/mol. The maximum Gasteiger partial charge on any atom is 0.0868 e. The normalized spacial score (nSPS) is 19.8. The first-order valence-corrected chi connectivity index (χ1v) is 5.49. The summed E-state index contributed by atoms with van der Waals surface area (Å²) in [4.78, 5) is 2.32. The molecule has 1 aliphatic rings. The van der Waals surface area contributed by atoms with Crippen molar-refractivity contribution in [3.63, 3.8) is 0 Å². The topological polar surface area (TPSA) is 27.0 Å². The molecule has 2 nitrogen and oxygen atoms in total. The van der Waals surface area contributed by atoms with E-state index in [9.17, 15) is 0 Å². The van der Waals surface area contributed by atoms with E-state index in [2.05, 4.69) is 17.9 Å². The van der Waals surface area contributed by atoms with Crippen molar-refractivity contribution in [2.24, 2.45) is 0 Å². The zero-order chi connectivity index (χ0) is 9.52. The van der Waals surface area contributed by atoms with Crippen LogP contribution in [0.5, 0.6) is 0 Å². The molecule has 1 rings (SSSR count). The number of nitrogens with zero attached hydrogens (tertiary/aromatic N) is 2. The summed E-state index contributed by atoms with van der Waals surface area (Å²) in [5.41, 5.74) is 0. The van der Waals surface area contributed by atoms with Gasteiger partial charge in [-0.25, -0.2) is 0 Å². The van der Waals surface area contributed by atoms with Crippen LogP contribution in [0, 0.1) is 11.3 Å². The Kier molecular flexibility index (Phi) is 4.85. The van der Waals surface area contributed by atoms with Crippen LogP contribution in [-0.4, -0.2) is 24.0 Å². The summed E-state index contributed by atoms with van der Waals surface area (Å²) in [5.74, 6) is 0. The van der Waals surface area contributed by atoms with E-state index < -0.39 is 0 Å². The molecule has 0 radical (unpaired) electrons. The number of rotatable bonds is 3. The molecule has 0 aromatic rings. The Morgan fingerprint density at radius 3 is 2.31 bits per heavy atom. The highest BCUT2D eigenvalue weighted by Gasteiger charge is 2.17. The molecule has 2 heteroatoms. The van der Waals surface area contributed by atoms with E-state index in [0.29, 0.717) is 12.6 Å². The zero-order valence-corrected chi connectivity index (χ0v) is 8.63. The first-order valence-electron chi connectivity index (χ1n) is 5.49. The average Bonchev–Trinajstić information content (AvgIpc) is 2.42.